The third kappa shape index (κ3) is 6.04. The predicted octanol–water partition coefficient (Wildman–Crippen LogP) is 1.20. The number of carbonyl (C=O) groups excluding carboxylic acids is 1. The number of benzene rings is 1. The Hall–Kier alpha value is -1.59. The fourth-order valence-corrected chi connectivity index (χ4v) is 1.67. The molecule has 0 saturated heterocycles. The Morgan fingerprint density at radius 3 is 2.85 bits per heavy atom. The van der Waals surface area contributed by atoms with Crippen molar-refractivity contribution in [2.45, 2.75) is 26.4 Å². The van der Waals surface area contributed by atoms with Gasteiger partial charge in [0.15, 0.2) is 0 Å². The molecule has 2 N–H and O–H groups in total. The van der Waals surface area contributed by atoms with E-state index < -0.39 is 6.10 Å². The molecule has 0 heterocycles. The molecule has 112 valence electrons. The fourth-order valence-electron chi connectivity index (χ4n) is 1.67. The van der Waals surface area contributed by atoms with Gasteiger partial charge in [-0.15, -0.1) is 0 Å². The molecule has 1 aromatic rings. The molecular weight excluding hydrogens is 258 g/mol. The Morgan fingerprint density at radius 2 is 2.15 bits per heavy atom. The van der Waals surface area contributed by atoms with Crippen LogP contribution < -0.4 is 10.1 Å². The maximum Gasteiger partial charge on any atom is 0.306 e. The SMILES string of the molecule is COC(=O)CCNCC(O)COc1cc(C)ccc1C. The first-order valence-electron chi connectivity index (χ1n) is 6.68. The lowest BCUT2D eigenvalue weighted by molar-refractivity contribution is -0.140. The van der Waals surface area contributed by atoms with Crippen LogP contribution in [0.3, 0.4) is 0 Å². The minimum Gasteiger partial charge on any atom is -0.491 e. The number of hydrogen-bond donors (Lipinski definition) is 2. The van der Waals surface area contributed by atoms with Gasteiger partial charge in [-0.1, -0.05) is 12.1 Å². The van der Waals surface area contributed by atoms with Gasteiger partial charge in [0.1, 0.15) is 18.5 Å². The maximum absolute atomic E-state index is 10.9. The number of carbonyl (C=O) groups is 1. The fraction of sp³-hybridized carbons (Fsp3) is 0.533. The summed E-state index contributed by atoms with van der Waals surface area (Å²) in [6.07, 6.45) is -0.325. The molecule has 0 aliphatic rings. The van der Waals surface area contributed by atoms with Crippen molar-refractivity contribution in [3.05, 3.63) is 29.3 Å². The maximum atomic E-state index is 10.9. The smallest absolute Gasteiger partial charge is 0.306 e. The molecule has 1 aromatic carbocycles. The summed E-state index contributed by atoms with van der Waals surface area (Å²) < 4.78 is 10.1. The lowest BCUT2D eigenvalue weighted by Crippen LogP contribution is -2.32. The Balaban J connectivity index is 2.24. The normalized spacial score (nSPS) is 12.0. The van der Waals surface area contributed by atoms with Crippen LogP contribution in [0.5, 0.6) is 5.75 Å². The summed E-state index contributed by atoms with van der Waals surface area (Å²) in [7, 11) is 1.36. The number of ether oxygens (including phenoxy) is 2. The zero-order valence-corrected chi connectivity index (χ0v) is 12.3. The molecule has 0 radical (unpaired) electrons. The van der Waals surface area contributed by atoms with E-state index in [-0.39, 0.29) is 12.6 Å². The van der Waals surface area contributed by atoms with Gasteiger partial charge in [-0.05, 0) is 31.0 Å². The van der Waals surface area contributed by atoms with Gasteiger partial charge in [0.05, 0.1) is 13.5 Å². The van der Waals surface area contributed by atoms with Gasteiger partial charge >= 0.3 is 5.97 Å². The largest absolute Gasteiger partial charge is 0.491 e. The number of aliphatic hydroxyl groups excluding tert-OH is 1. The Kier molecular flexibility index (Phi) is 7.04. The van der Waals surface area contributed by atoms with E-state index >= 15 is 0 Å². The van der Waals surface area contributed by atoms with Crippen LogP contribution in [0.25, 0.3) is 0 Å². The zero-order chi connectivity index (χ0) is 15.0. The molecule has 5 nitrogen and oxygen atoms in total. The number of methoxy groups -OCH3 is 1. The third-order valence-corrected chi connectivity index (χ3v) is 2.89. The molecule has 1 unspecified atom stereocenters. The molecule has 20 heavy (non-hydrogen) atoms. The van der Waals surface area contributed by atoms with Gasteiger partial charge in [-0.3, -0.25) is 4.79 Å². The van der Waals surface area contributed by atoms with Crippen LogP contribution >= 0.6 is 0 Å². The van der Waals surface area contributed by atoms with Crippen molar-refractivity contribution in [3.8, 4) is 5.75 Å². The molecule has 0 spiro atoms. The lowest BCUT2D eigenvalue weighted by atomic mass is 10.1. The summed E-state index contributed by atoms with van der Waals surface area (Å²) in [5.74, 6) is 0.525. The van der Waals surface area contributed by atoms with Crippen LogP contribution in [0.4, 0.5) is 0 Å². The molecule has 0 amide bonds. The van der Waals surface area contributed by atoms with Crippen LogP contribution in [0.1, 0.15) is 17.5 Å². The van der Waals surface area contributed by atoms with Crippen molar-refractivity contribution in [1.82, 2.24) is 5.32 Å². The van der Waals surface area contributed by atoms with E-state index in [0.717, 1.165) is 16.9 Å². The molecule has 0 fully saturated rings. The van der Waals surface area contributed by atoms with Gasteiger partial charge in [0.2, 0.25) is 0 Å². The first-order valence-corrected chi connectivity index (χ1v) is 6.68. The molecular formula is C15H23NO4. The molecule has 0 aliphatic heterocycles. The minimum absolute atomic E-state index is 0.218. The van der Waals surface area contributed by atoms with E-state index in [9.17, 15) is 9.90 Å². The Labute approximate surface area is 119 Å². The van der Waals surface area contributed by atoms with Crippen molar-refractivity contribution in [1.29, 1.82) is 0 Å². The van der Waals surface area contributed by atoms with E-state index in [1.54, 1.807) is 0 Å². The average Bonchev–Trinajstić information content (AvgIpc) is 2.44. The number of rotatable bonds is 8. The lowest BCUT2D eigenvalue weighted by Gasteiger charge is -2.14. The quantitative estimate of drug-likeness (QED) is 0.553. The monoisotopic (exact) mass is 281 g/mol. The van der Waals surface area contributed by atoms with Crippen LogP contribution in [-0.2, 0) is 9.53 Å². The van der Waals surface area contributed by atoms with Crippen LogP contribution in [0.2, 0.25) is 0 Å². The van der Waals surface area contributed by atoms with Gasteiger partial charge in [0, 0.05) is 13.1 Å². The second-order valence-corrected chi connectivity index (χ2v) is 4.76. The highest BCUT2D eigenvalue weighted by Gasteiger charge is 2.07. The summed E-state index contributed by atoms with van der Waals surface area (Å²) in [5, 5.41) is 12.8. The predicted molar refractivity (Wildman–Crippen MR) is 76.9 cm³/mol. The molecule has 1 rings (SSSR count). The van der Waals surface area contributed by atoms with Crippen molar-refractivity contribution in [2.75, 3.05) is 26.8 Å². The zero-order valence-electron chi connectivity index (χ0n) is 12.3. The molecule has 0 aliphatic carbocycles. The minimum atomic E-state index is -0.618. The van der Waals surface area contributed by atoms with E-state index in [1.165, 1.54) is 7.11 Å². The summed E-state index contributed by atoms with van der Waals surface area (Å²) in [6.45, 7) is 5.04. The second-order valence-electron chi connectivity index (χ2n) is 4.76. The van der Waals surface area contributed by atoms with E-state index in [0.29, 0.717) is 19.5 Å². The number of esters is 1. The van der Waals surface area contributed by atoms with E-state index in [2.05, 4.69) is 10.1 Å². The van der Waals surface area contributed by atoms with E-state index in [4.69, 9.17) is 4.74 Å². The Morgan fingerprint density at radius 1 is 1.40 bits per heavy atom. The van der Waals surface area contributed by atoms with Gasteiger partial charge in [-0.25, -0.2) is 0 Å². The summed E-state index contributed by atoms with van der Waals surface area (Å²) in [4.78, 5) is 10.9. The van der Waals surface area contributed by atoms with E-state index in [1.807, 2.05) is 32.0 Å². The molecule has 1 atom stereocenters. The van der Waals surface area contributed by atoms with Gasteiger partial charge in [0.25, 0.3) is 0 Å². The van der Waals surface area contributed by atoms with Crippen molar-refractivity contribution >= 4 is 5.97 Å². The van der Waals surface area contributed by atoms with Crippen molar-refractivity contribution < 1.29 is 19.4 Å². The molecule has 5 heteroatoms. The highest BCUT2D eigenvalue weighted by molar-refractivity contribution is 5.69. The van der Waals surface area contributed by atoms with Crippen LogP contribution in [0, 0.1) is 13.8 Å². The number of hydrogen-bond acceptors (Lipinski definition) is 5. The summed E-state index contributed by atoms with van der Waals surface area (Å²) in [5.41, 5.74) is 2.16. The highest BCUT2D eigenvalue weighted by Crippen LogP contribution is 2.19. The Bertz CT molecular complexity index is 434. The van der Waals surface area contributed by atoms with Crippen LogP contribution in [-0.4, -0.2) is 44.0 Å². The first kappa shape index (κ1) is 16.5. The highest BCUT2D eigenvalue weighted by atomic mass is 16.5. The molecule has 0 bridgehead atoms. The van der Waals surface area contributed by atoms with Crippen LogP contribution in [0.15, 0.2) is 18.2 Å². The summed E-state index contributed by atoms with van der Waals surface area (Å²) in [6, 6.07) is 5.96. The van der Waals surface area contributed by atoms with Crippen molar-refractivity contribution in [2.24, 2.45) is 0 Å². The summed E-state index contributed by atoms with van der Waals surface area (Å²) >= 11 is 0. The first-order chi connectivity index (χ1) is 9.52. The molecule has 0 saturated carbocycles. The average molecular weight is 281 g/mol. The van der Waals surface area contributed by atoms with Gasteiger partial charge in [-0.2, -0.15) is 0 Å². The number of aryl methyl sites for hydroxylation is 2. The number of aliphatic hydroxyl groups is 1. The number of nitrogens with one attached hydrogen (secondary N) is 1. The van der Waals surface area contributed by atoms with Crippen molar-refractivity contribution in [3.63, 3.8) is 0 Å². The third-order valence-electron chi connectivity index (χ3n) is 2.89. The second kappa shape index (κ2) is 8.55. The standard InChI is InChI=1S/C15H23NO4/c1-11-4-5-12(2)14(8-11)20-10-13(17)9-16-7-6-15(18)19-3/h4-5,8,13,16-17H,6-7,9-10H2,1-3H3. The topological polar surface area (TPSA) is 67.8 Å². The molecule has 0 aromatic heterocycles. The van der Waals surface area contributed by atoms with Gasteiger partial charge < -0.3 is 19.9 Å².